The number of nitrogens with zero attached hydrogens (tertiary/aromatic N) is 1. The number of aromatic nitrogens is 1. The molecule has 0 spiro atoms. The highest BCUT2D eigenvalue weighted by Crippen LogP contribution is 2.28. The number of amides is 2. The largest absolute Gasteiger partial charge is 0.493 e. The first kappa shape index (κ1) is 18.9. The van der Waals surface area contributed by atoms with Crippen LogP contribution in [0.1, 0.15) is 10.4 Å². The molecule has 0 bridgehead atoms. The second-order valence-electron chi connectivity index (χ2n) is 5.32. The quantitative estimate of drug-likeness (QED) is 0.632. The molecule has 3 rings (SSSR count). The molecule has 0 fully saturated rings. The van der Waals surface area contributed by atoms with Gasteiger partial charge in [0.1, 0.15) is 0 Å². The fraction of sp³-hybridized carbons (Fsp3) is 0.167. The van der Waals surface area contributed by atoms with Crippen LogP contribution in [-0.2, 0) is 4.79 Å². The fourth-order valence-electron chi connectivity index (χ4n) is 2.27. The molecule has 0 saturated carbocycles. The van der Waals surface area contributed by atoms with Crippen molar-refractivity contribution in [3.8, 4) is 22.1 Å². The number of ether oxygens (including phenoxy) is 2. The Balaban J connectivity index is 1.55. The molecule has 0 atom stereocenters. The van der Waals surface area contributed by atoms with Gasteiger partial charge in [0.25, 0.3) is 5.91 Å². The number of hydrogen-bond acceptors (Lipinski definition) is 7. The summed E-state index contributed by atoms with van der Waals surface area (Å²) in [5, 5.41) is 9.60. The zero-order chi connectivity index (χ0) is 19.2. The number of carbonyl (C=O) groups excluding carboxylic acids is 2. The molecule has 140 valence electrons. The Morgan fingerprint density at radius 3 is 2.63 bits per heavy atom. The molecular weight excluding hydrogens is 386 g/mol. The number of thiophene rings is 1. The smallest absolute Gasteiger partial charge is 0.251 e. The number of thiazole rings is 1. The molecule has 0 aliphatic rings. The van der Waals surface area contributed by atoms with Crippen molar-refractivity contribution in [2.75, 3.05) is 26.1 Å². The summed E-state index contributed by atoms with van der Waals surface area (Å²) in [5.74, 6) is 0.232. The third-order valence-corrected chi connectivity index (χ3v) is 5.23. The molecule has 0 aliphatic heterocycles. The summed E-state index contributed by atoms with van der Waals surface area (Å²) < 4.78 is 10.3. The Bertz CT molecular complexity index is 938. The molecule has 27 heavy (non-hydrogen) atoms. The van der Waals surface area contributed by atoms with E-state index in [1.54, 1.807) is 29.5 Å². The van der Waals surface area contributed by atoms with Crippen molar-refractivity contribution in [3.05, 3.63) is 46.7 Å². The van der Waals surface area contributed by atoms with Gasteiger partial charge in [-0.1, -0.05) is 6.07 Å². The van der Waals surface area contributed by atoms with E-state index in [0.29, 0.717) is 22.2 Å². The minimum absolute atomic E-state index is 0.166. The Hall–Kier alpha value is -2.91. The highest BCUT2D eigenvalue weighted by molar-refractivity contribution is 7.16. The molecule has 0 aliphatic carbocycles. The number of hydrogen-bond donors (Lipinski definition) is 2. The fourth-order valence-corrected chi connectivity index (χ4v) is 3.76. The van der Waals surface area contributed by atoms with Gasteiger partial charge in [-0.2, -0.15) is 0 Å². The van der Waals surface area contributed by atoms with Gasteiger partial charge in [0.15, 0.2) is 16.6 Å². The van der Waals surface area contributed by atoms with Crippen LogP contribution in [0.25, 0.3) is 10.6 Å². The summed E-state index contributed by atoms with van der Waals surface area (Å²) in [6.45, 7) is -0.166. The third kappa shape index (κ3) is 4.63. The first-order valence-electron chi connectivity index (χ1n) is 7.90. The van der Waals surface area contributed by atoms with Crippen molar-refractivity contribution < 1.29 is 19.1 Å². The summed E-state index contributed by atoms with van der Waals surface area (Å²) in [7, 11) is 3.01. The number of benzene rings is 1. The van der Waals surface area contributed by atoms with E-state index in [1.807, 2.05) is 22.9 Å². The average molecular weight is 403 g/mol. The van der Waals surface area contributed by atoms with Crippen LogP contribution in [-0.4, -0.2) is 37.6 Å². The van der Waals surface area contributed by atoms with Gasteiger partial charge >= 0.3 is 0 Å². The second-order valence-corrected chi connectivity index (χ2v) is 7.12. The van der Waals surface area contributed by atoms with Crippen LogP contribution in [0.5, 0.6) is 11.5 Å². The van der Waals surface area contributed by atoms with Crippen LogP contribution in [0.3, 0.4) is 0 Å². The normalized spacial score (nSPS) is 10.3. The molecule has 0 unspecified atom stereocenters. The van der Waals surface area contributed by atoms with Crippen molar-refractivity contribution in [3.63, 3.8) is 0 Å². The molecule has 9 heteroatoms. The third-order valence-electron chi connectivity index (χ3n) is 3.58. The van der Waals surface area contributed by atoms with Crippen molar-refractivity contribution in [1.82, 2.24) is 10.3 Å². The van der Waals surface area contributed by atoms with Crippen LogP contribution in [0.4, 0.5) is 5.13 Å². The number of nitrogens with one attached hydrogen (secondary N) is 2. The highest BCUT2D eigenvalue weighted by Gasteiger charge is 2.13. The van der Waals surface area contributed by atoms with Crippen LogP contribution in [0, 0.1) is 0 Å². The monoisotopic (exact) mass is 403 g/mol. The van der Waals surface area contributed by atoms with Crippen LogP contribution in [0.2, 0.25) is 0 Å². The Labute approximate surface area is 164 Å². The van der Waals surface area contributed by atoms with E-state index in [1.165, 1.54) is 25.6 Å². The maximum Gasteiger partial charge on any atom is 0.251 e. The molecule has 3 aromatic rings. The van der Waals surface area contributed by atoms with Crippen LogP contribution >= 0.6 is 22.7 Å². The topological polar surface area (TPSA) is 89.5 Å². The first-order chi connectivity index (χ1) is 13.1. The average Bonchev–Trinajstić information content (AvgIpc) is 3.37. The summed E-state index contributed by atoms with van der Waals surface area (Å²) in [4.78, 5) is 29.7. The minimum atomic E-state index is -0.385. The van der Waals surface area contributed by atoms with Gasteiger partial charge in [-0.25, -0.2) is 4.98 Å². The Morgan fingerprint density at radius 1 is 1.11 bits per heavy atom. The SMILES string of the molecule is COc1ccc(C(=O)NCC(=O)Nc2nc(-c3cccs3)cs2)cc1OC. The van der Waals surface area contributed by atoms with Crippen LogP contribution < -0.4 is 20.1 Å². The molecule has 0 saturated heterocycles. The summed E-state index contributed by atoms with van der Waals surface area (Å²) in [6.07, 6.45) is 0. The minimum Gasteiger partial charge on any atom is -0.493 e. The zero-order valence-electron chi connectivity index (χ0n) is 14.6. The van der Waals surface area contributed by atoms with E-state index in [2.05, 4.69) is 15.6 Å². The lowest BCUT2D eigenvalue weighted by molar-refractivity contribution is -0.115. The van der Waals surface area contributed by atoms with E-state index < -0.39 is 0 Å². The van der Waals surface area contributed by atoms with Gasteiger partial charge in [-0.3, -0.25) is 9.59 Å². The lowest BCUT2D eigenvalue weighted by Gasteiger charge is -2.10. The van der Waals surface area contributed by atoms with Crippen molar-refractivity contribution in [2.24, 2.45) is 0 Å². The van der Waals surface area contributed by atoms with Gasteiger partial charge in [-0.15, -0.1) is 22.7 Å². The van der Waals surface area contributed by atoms with E-state index >= 15 is 0 Å². The van der Waals surface area contributed by atoms with E-state index in [4.69, 9.17) is 9.47 Å². The first-order valence-corrected chi connectivity index (χ1v) is 9.66. The maximum atomic E-state index is 12.2. The van der Waals surface area contributed by atoms with Crippen LogP contribution in [0.15, 0.2) is 41.1 Å². The predicted octanol–water partition coefficient (Wildman–Crippen LogP) is 3.26. The van der Waals surface area contributed by atoms with Crippen molar-refractivity contribution >= 4 is 39.6 Å². The van der Waals surface area contributed by atoms with Crippen molar-refractivity contribution in [2.45, 2.75) is 0 Å². The van der Waals surface area contributed by atoms with Gasteiger partial charge in [0.05, 0.1) is 31.3 Å². The molecule has 2 aromatic heterocycles. The molecule has 2 N–H and O–H groups in total. The van der Waals surface area contributed by atoms with E-state index in [0.717, 1.165) is 10.6 Å². The van der Waals surface area contributed by atoms with Gasteiger partial charge in [0.2, 0.25) is 5.91 Å². The zero-order valence-corrected chi connectivity index (χ0v) is 16.3. The summed E-state index contributed by atoms with van der Waals surface area (Å²) in [6, 6.07) is 8.70. The van der Waals surface area contributed by atoms with Gasteiger partial charge in [0, 0.05) is 10.9 Å². The summed E-state index contributed by atoms with van der Waals surface area (Å²) >= 11 is 2.92. The maximum absolute atomic E-state index is 12.2. The predicted molar refractivity (Wildman–Crippen MR) is 106 cm³/mol. The molecule has 2 amide bonds. The summed E-state index contributed by atoms with van der Waals surface area (Å²) in [5.41, 5.74) is 1.19. The molecule has 0 radical (unpaired) electrons. The Kier molecular flexibility index (Phi) is 6.05. The number of methoxy groups -OCH3 is 2. The highest BCUT2D eigenvalue weighted by atomic mass is 32.1. The molecular formula is C18H17N3O4S2. The lowest BCUT2D eigenvalue weighted by atomic mass is 10.2. The standard InChI is InChI=1S/C18H17N3O4S2/c1-24-13-6-5-11(8-14(13)25-2)17(23)19-9-16(22)21-18-20-12(10-27-18)15-4-3-7-26-15/h3-8,10H,9H2,1-2H3,(H,19,23)(H,20,21,22). The lowest BCUT2D eigenvalue weighted by Crippen LogP contribution is -2.32. The molecule has 7 nitrogen and oxygen atoms in total. The number of anilines is 1. The van der Waals surface area contributed by atoms with E-state index in [-0.39, 0.29) is 18.4 Å². The van der Waals surface area contributed by atoms with Crippen molar-refractivity contribution in [1.29, 1.82) is 0 Å². The number of carbonyl (C=O) groups is 2. The van der Waals surface area contributed by atoms with Gasteiger partial charge in [-0.05, 0) is 29.6 Å². The number of rotatable bonds is 7. The Morgan fingerprint density at radius 2 is 1.93 bits per heavy atom. The second kappa shape index (κ2) is 8.65. The van der Waals surface area contributed by atoms with E-state index in [9.17, 15) is 9.59 Å². The van der Waals surface area contributed by atoms with Gasteiger partial charge < -0.3 is 20.1 Å². The molecule has 2 heterocycles. The molecule has 1 aromatic carbocycles.